The highest BCUT2D eigenvalue weighted by Crippen LogP contribution is 2.39. The van der Waals surface area contributed by atoms with Crippen molar-refractivity contribution in [3.8, 4) is 0 Å². The van der Waals surface area contributed by atoms with E-state index in [1.54, 1.807) is 0 Å². The molecule has 0 saturated heterocycles. The van der Waals surface area contributed by atoms with E-state index in [4.69, 9.17) is 0 Å². The van der Waals surface area contributed by atoms with E-state index in [2.05, 4.69) is 15.5 Å². The van der Waals surface area contributed by atoms with E-state index in [9.17, 15) is 13.2 Å². The third kappa shape index (κ3) is 3.92. The molecule has 1 aromatic heterocycles. The van der Waals surface area contributed by atoms with Gasteiger partial charge >= 0.3 is 6.18 Å². The van der Waals surface area contributed by atoms with Gasteiger partial charge in [0.15, 0.2) is 4.34 Å². The molecule has 0 spiro atoms. The minimum atomic E-state index is -4.29. The average Bonchev–Trinajstić information content (AvgIpc) is 3.17. The molecule has 0 bridgehead atoms. The number of rotatable bonds is 5. The lowest BCUT2D eigenvalue weighted by atomic mass is 10.1. The molecule has 1 N–H and O–H groups in total. The Morgan fingerprint density at radius 2 is 1.91 bits per heavy atom. The minimum Gasteiger partial charge on any atom is -0.357 e. The van der Waals surface area contributed by atoms with E-state index in [0.717, 1.165) is 27.2 Å². The van der Waals surface area contributed by atoms with Crippen molar-refractivity contribution in [2.24, 2.45) is 0 Å². The fraction of sp³-hybridized carbons (Fsp3) is 0.429. The summed E-state index contributed by atoms with van der Waals surface area (Å²) in [5, 5.41) is 12.3. The molecule has 1 saturated carbocycles. The zero-order chi connectivity index (χ0) is 15.7. The van der Waals surface area contributed by atoms with Gasteiger partial charge in [-0.05, 0) is 37.5 Å². The Labute approximate surface area is 134 Å². The van der Waals surface area contributed by atoms with Crippen LogP contribution in [0.2, 0.25) is 0 Å². The summed E-state index contributed by atoms with van der Waals surface area (Å²) in [6.45, 7) is 1.95. The maximum absolute atomic E-state index is 12.6. The highest BCUT2D eigenvalue weighted by atomic mass is 32.2. The van der Waals surface area contributed by atoms with Crippen molar-refractivity contribution in [1.29, 1.82) is 0 Å². The van der Waals surface area contributed by atoms with Gasteiger partial charge in [0.2, 0.25) is 5.13 Å². The first-order valence-electron chi connectivity index (χ1n) is 6.85. The molecule has 8 heteroatoms. The van der Waals surface area contributed by atoms with E-state index < -0.39 is 11.7 Å². The molecule has 0 amide bonds. The molecule has 118 valence electrons. The maximum atomic E-state index is 12.6. The number of benzene rings is 1. The van der Waals surface area contributed by atoms with Crippen LogP contribution in [0.3, 0.4) is 0 Å². The van der Waals surface area contributed by atoms with E-state index in [1.807, 2.05) is 6.92 Å². The van der Waals surface area contributed by atoms with Crippen molar-refractivity contribution < 1.29 is 13.2 Å². The van der Waals surface area contributed by atoms with Crippen LogP contribution in [0.1, 0.15) is 36.1 Å². The summed E-state index contributed by atoms with van der Waals surface area (Å²) in [6.07, 6.45) is -1.95. The van der Waals surface area contributed by atoms with Gasteiger partial charge in [-0.1, -0.05) is 35.2 Å². The zero-order valence-electron chi connectivity index (χ0n) is 11.7. The van der Waals surface area contributed by atoms with E-state index in [1.165, 1.54) is 48.1 Å². The van der Waals surface area contributed by atoms with Gasteiger partial charge in [0, 0.05) is 11.3 Å². The van der Waals surface area contributed by atoms with Gasteiger partial charge in [0.25, 0.3) is 0 Å². The van der Waals surface area contributed by atoms with Crippen LogP contribution in [-0.4, -0.2) is 16.2 Å². The third-order valence-corrected chi connectivity index (χ3v) is 5.39. The Balaban J connectivity index is 1.63. The number of aromatic nitrogens is 2. The first-order chi connectivity index (χ1) is 10.4. The first-order valence-corrected chi connectivity index (χ1v) is 8.55. The van der Waals surface area contributed by atoms with E-state index in [-0.39, 0.29) is 5.25 Å². The number of nitrogens with zero attached hydrogens (tertiary/aromatic N) is 2. The second-order valence-electron chi connectivity index (χ2n) is 5.17. The molecule has 1 aromatic carbocycles. The standard InChI is InChI=1S/C14H14F3N3S2/c1-8(9-2-4-10(5-3-9)14(15,16)17)21-13-20-19-12(22-13)18-11-6-7-11/h2-5,8,11H,6-7H2,1H3,(H,18,19)/t8-/m0/s1. The lowest BCUT2D eigenvalue weighted by Crippen LogP contribution is -2.04. The van der Waals surface area contributed by atoms with Gasteiger partial charge in [0.1, 0.15) is 0 Å². The van der Waals surface area contributed by atoms with Gasteiger partial charge in [-0.3, -0.25) is 0 Å². The molecule has 22 heavy (non-hydrogen) atoms. The summed E-state index contributed by atoms with van der Waals surface area (Å²) in [7, 11) is 0. The maximum Gasteiger partial charge on any atom is 0.416 e. The molecule has 0 radical (unpaired) electrons. The SMILES string of the molecule is C[C@H](Sc1nnc(NC2CC2)s1)c1ccc(C(F)(F)F)cc1. The minimum absolute atomic E-state index is 0.0176. The second kappa shape index (κ2) is 6.08. The largest absolute Gasteiger partial charge is 0.416 e. The summed E-state index contributed by atoms with van der Waals surface area (Å²) >= 11 is 2.98. The molecule has 1 aliphatic carbocycles. The predicted octanol–water partition coefficient (Wildman–Crippen LogP) is 4.98. The highest BCUT2D eigenvalue weighted by Gasteiger charge is 2.30. The number of thioether (sulfide) groups is 1. The smallest absolute Gasteiger partial charge is 0.357 e. The van der Waals surface area contributed by atoms with Crippen molar-refractivity contribution in [1.82, 2.24) is 10.2 Å². The van der Waals surface area contributed by atoms with Gasteiger partial charge in [-0.2, -0.15) is 13.2 Å². The Morgan fingerprint density at radius 1 is 1.23 bits per heavy atom. The highest BCUT2D eigenvalue weighted by molar-refractivity contribution is 8.01. The molecule has 1 aliphatic rings. The van der Waals surface area contributed by atoms with Crippen molar-refractivity contribution in [3.05, 3.63) is 35.4 Å². The lowest BCUT2D eigenvalue weighted by Gasteiger charge is -2.11. The van der Waals surface area contributed by atoms with Gasteiger partial charge in [0.05, 0.1) is 5.56 Å². The zero-order valence-corrected chi connectivity index (χ0v) is 13.4. The van der Waals surface area contributed by atoms with Gasteiger partial charge in [-0.25, -0.2) is 0 Å². The van der Waals surface area contributed by atoms with Crippen molar-refractivity contribution in [2.45, 2.75) is 41.6 Å². The van der Waals surface area contributed by atoms with E-state index >= 15 is 0 Å². The van der Waals surface area contributed by atoms with Crippen LogP contribution in [-0.2, 0) is 6.18 Å². The molecule has 1 atom stereocenters. The number of halogens is 3. The van der Waals surface area contributed by atoms with Crippen LogP contribution in [0, 0.1) is 0 Å². The fourth-order valence-corrected chi connectivity index (χ4v) is 3.98. The normalized spacial score (nSPS) is 16.5. The Kier molecular flexibility index (Phi) is 4.31. The molecule has 1 heterocycles. The summed E-state index contributed by atoms with van der Waals surface area (Å²) in [5.41, 5.74) is 0.213. The Hall–Kier alpha value is -1.28. The van der Waals surface area contributed by atoms with Crippen LogP contribution in [0.15, 0.2) is 28.6 Å². The monoisotopic (exact) mass is 345 g/mol. The van der Waals surface area contributed by atoms with Crippen molar-refractivity contribution >= 4 is 28.2 Å². The number of anilines is 1. The quantitative estimate of drug-likeness (QED) is 0.775. The molecular weight excluding hydrogens is 331 g/mol. The molecule has 2 aromatic rings. The molecule has 3 nitrogen and oxygen atoms in total. The molecular formula is C14H14F3N3S2. The molecule has 0 unspecified atom stereocenters. The van der Waals surface area contributed by atoms with E-state index in [0.29, 0.717) is 6.04 Å². The third-order valence-electron chi connectivity index (χ3n) is 3.30. The summed E-state index contributed by atoms with van der Waals surface area (Å²) in [4.78, 5) is 0. The van der Waals surface area contributed by atoms with Crippen LogP contribution in [0.25, 0.3) is 0 Å². The summed E-state index contributed by atoms with van der Waals surface area (Å²) < 4.78 is 38.5. The summed E-state index contributed by atoms with van der Waals surface area (Å²) in [6, 6.07) is 5.80. The Bertz CT molecular complexity index is 636. The van der Waals surface area contributed by atoms with Crippen molar-refractivity contribution in [3.63, 3.8) is 0 Å². The number of alkyl halides is 3. The lowest BCUT2D eigenvalue weighted by molar-refractivity contribution is -0.137. The van der Waals surface area contributed by atoms with Crippen LogP contribution < -0.4 is 5.32 Å². The number of hydrogen-bond acceptors (Lipinski definition) is 5. The summed E-state index contributed by atoms with van der Waals surface area (Å²) in [5.74, 6) is 0. The topological polar surface area (TPSA) is 37.8 Å². The molecule has 0 aliphatic heterocycles. The average molecular weight is 345 g/mol. The number of hydrogen-bond donors (Lipinski definition) is 1. The molecule has 3 rings (SSSR count). The predicted molar refractivity (Wildman–Crippen MR) is 82.3 cm³/mol. The first kappa shape index (κ1) is 15.6. The second-order valence-corrected chi connectivity index (χ2v) is 7.74. The van der Waals surface area contributed by atoms with Gasteiger partial charge in [-0.15, -0.1) is 10.2 Å². The fourth-order valence-electron chi connectivity index (χ4n) is 1.88. The van der Waals surface area contributed by atoms with Crippen LogP contribution in [0.4, 0.5) is 18.3 Å². The number of nitrogens with one attached hydrogen (secondary N) is 1. The van der Waals surface area contributed by atoms with Gasteiger partial charge < -0.3 is 5.32 Å². The van der Waals surface area contributed by atoms with Crippen molar-refractivity contribution in [2.75, 3.05) is 5.32 Å². The van der Waals surface area contributed by atoms with Crippen LogP contribution in [0.5, 0.6) is 0 Å². The van der Waals surface area contributed by atoms with Crippen LogP contribution >= 0.6 is 23.1 Å². The molecule has 1 fully saturated rings. The Morgan fingerprint density at radius 3 is 2.50 bits per heavy atom.